The molecule has 1 aromatic rings. The molecule has 132 valence electrons. The molecule has 6 heteroatoms. The molecule has 24 heavy (non-hydrogen) atoms. The van der Waals surface area contributed by atoms with Crippen LogP contribution < -0.4 is 5.32 Å². The second kappa shape index (κ2) is 9.47. The maximum absolute atomic E-state index is 12.1. The van der Waals surface area contributed by atoms with Gasteiger partial charge in [0, 0.05) is 22.9 Å². The fraction of sp³-hybridized carbons (Fsp3) is 0.500. The molecule has 0 aromatic carbocycles. The number of allylic oxidation sites excluding steroid dienone is 2. The first-order chi connectivity index (χ1) is 11.2. The summed E-state index contributed by atoms with van der Waals surface area (Å²) in [6, 6.07) is 0. The first-order valence-corrected chi connectivity index (χ1v) is 8.85. The summed E-state index contributed by atoms with van der Waals surface area (Å²) in [6.07, 6.45) is 8.73. The van der Waals surface area contributed by atoms with Crippen LogP contribution in [-0.2, 0) is 4.74 Å². The highest BCUT2D eigenvalue weighted by atomic mass is 32.2. The van der Waals surface area contributed by atoms with E-state index in [0.717, 1.165) is 33.9 Å². The molecule has 0 spiro atoms. The molecule has 0 aliphatic rings. The van der Waals surface area contributed by atoms with Crippen LogP contribution in [-0.4, -0.2) is 21.7 Å². The normalized spacial score (nSPS) is 11.8. The maximum atomic E-state index is 12.1. The van der Waals surface area contributed by atoms with Crippen molar-refractivity contribution in [3.8, 4) is 0 Å². The summed E-state index contributed by atoms with van der Waals surface area (Å²) in [4.78, 5) is 21.3. The number of ether oxygens (including phenoxy) is 1. The summed E-state index contributed by atoms with van der Waals surface area (Å²) >= 11 is 1.49. The Morgan fingerprint density at radius 3 is 2.42 bits per heavy atom. The number of hydrogen-bond donors (Lipinski definition) is 1. The fourth-order valence-electron chi connectivity index (χ4n) is 1.68. The van der Waals surface area contributed by atoms with Gasteiger partial charge in [-0.3, -0.25) is 5.32 Å². The van der Waals surface area contributed by atoms with E-state index in [4.69, 9.17) is 4.74 Å². The van der Waals surface area contributed by atoms with Crippen LogP contribution in [0.15, 0.2) is 35.4 Å². The van der Waals surface area contributed by atoms with Gasteiger partial charge in [-0.25, -0.2) is 14.8 Å². The molecule has 1 amide bonds. The topological polar surface area (TPSA) is 64.1 Å². The lowest BCUT2D eigenvalue weighted by Gasteiger charge is -2.21. The maximum Gasteiger partial charge on any atom is 0.412 e. The van der Waals surface area contributed by atoms with E-state index in [1.807, 2.05) is 34.6 Å². The Morgan fingerprint density at radius 1 is 1.29 bits per heavy atom. The molecule has 0 aliphatic heterocycles. The SMILES string of the molecule is CCC/C=C(/SC(NC(=O)OC(C)(C)C)=C(C)C)c1cncnc1. The van der Waals surface area contributed by atoms with Crippen LogP contribution in [0.1, 0.15) is 59.9 Å². The van der Waals surface area contributed by atoms with Gasteiger partial charge in [0.15, 0.2) is 0 Å². The molecular weight excluding hydrogens is 322 g/mol. The average molecular weight is 350 g/mol. The third-order valence-corrected chi connectivity index (χ3v) is 4.08. The monoisotopic (exact) mass is 349 g/mol. The average Bonchev–Trinajstić information content (AvgIpc) is 2.49. The second-order valence-electron chi connectivity index (χ2n) is 6.54. The zero-order valence-corrected chi connectivity index (χ0v) is 16.2. The van der Waals surface area contributed by atoms with Crippen molar-refractivity contribution in [2.24, 2.45) is 0 Å². The van der Waals surface area contributed by atoms with Gasteiger partial charge < -0.3 is 4.74 Å². The van der Waals surface area contributed by atoms with E-state index in [9.17, 15) is 4.79 Å². The van der Waals surface area contributed by atoms with Crippen LogP contribution >= 0.6 is 11.8 Å². The molecule has 0 saturated heterocycles. The summed E-state index contributed by atoms with van der Waals surface area (Å²) < 4.78 is 5.35. The van der Waals surface area contributed by atoms with Gasteiger partial charge in [-0.1, -0.05) is 31.2 Å². The van der Waals surface area contributed by atoms with E-state index in [0.29, 0.717) is 0 Å². The van der Waals surface area contributed by atoms with Crippen LogP contribution in [0.3, 0.4) is 0 Å². The molecule has 1 N–H and O–H groups in total. The highest BCUT2D eigenvalue weighted by Crippen LogP contribution is 2.34. The smallest absolute Gasteiger partial charge is 0.412 e. The molecule has 0 aliphatic carbocycles. The second-order valence-corrected chi connectivity index (χ2v) is 7.59. The molecule has 0 saturated carbocycles. The summed E-state index contributed by atoms with van der Waals surface area (Å²) in [5.41, 5.74) is 1.40. The Morgan fingerprint density at radius 2 is 1.92 bits per heavy atom. The predicted molar refractivity (Wildman–Crippen MR) is 100 cm³/mol. The lowest BCUT2D eigenvalue weighted by molar-refractivity contribution is 0.0550. The number of carbonyl (C=O) groups is 1. The predicted octanol–water partition coefficient (Wildman–Crippen LogP) is 5.13. The minimum absolute atomic E-state index is 0.453. The number of amides is 1. The highest BCUT2D eigenvalue weighted by molar-refractivity contribution is 8.11. The number of thioether (sulfide) groups is 1. The fourth-order valence-corrected chi connectivity index (χ4v) is 2.66. The molecular formula is C18H27N3O2S. The number of alkyl carbamates (subject to hydrolysis) is 1. The first-order valence-electron chi connectivity index (χ1n) is 8.03. The van der Waals surface area contributed by atoms with Gasteiger partial charge in [0.1, 0.15) is 11.9 Å². The van der Waals surface area contributed by atoms with Gasteiger partial charge in [0.25, 0.3) is 0 Å². The van der Waals surface area contributed by atoms with E-state index < -0.39 is 11.7 Å². The molecule has 0 fully saturated rings. The van der Waals surface area contributed by atoms with Gasteiger partial charge in [-0.05, 0) is 46.6 Å². The number of carbonyl (C=O) groups excluding carboxylic acids is 1. The standard InChI is InChI=1S/C18H27N3O2S/c1-7-8-9-15(14-10-19-12-20-11-14)24-16(13(2)3)21-17(22)23-18(4,5)6/h9-12H,7-8H2,1-6H3,(H,21,22)/b15-9+. The molecule has 5 nitrogen and oxygen atoms in total. The molecule has 0 unspecified atom stereocenters. The zero-order chi connectivity index (χ0) is 18.2. The van der Waals surface area contributed by atoms with Crippen LogP contribution in [0.2, 0.25) is 0 Å². The number of unbranched alkanes of at least 4 members (excludes halogenated alkanes) is 1. The Bertz CT molecular complexity index is 600. The van der Waals surface area contributed by atoms with Gasteiger partial charge in [-0.2, -0.15) is 0 Å². The third-order valence-electron chi connectivity index (χ3n) is 2.74. The van der Waals surface area contributed by atoms with Crippen LogP contribution in [0.25, 0.3) is 4.91 Å². The van der Waals surface area contributed by atoms with Gasteiger partial charge in [-0.15, -0.1) is 0 Å². The Balaban J connectivity index is 2.96. The van der Waals surface area contributed by atoms with Crippen molar-refractivity contribution in [1.29, 1.82) is 0 Å². The quantitative estimate of drug-likeness (QED) is 0.771. The van der Waals surface area contributed by atoms with Gasteiger partial charge >= 0.3 is 6.09 Å². The van der Waals surface area contributed by atoms with E-state index in [-0.39, 0.29) is 0 Å². The summed E-state index contributed by atoms with van der Waals surface area (Å²) in [5, 5.41) is 3.61. The molecule has 0 radical (unpaired) electrons. The van der Waals surface area contributed by atoms with Crippen molar-refractivity contribution in [2.45, 2.75) is 60.0 Å². The van der Waals surface area contributed by atoms with E-state index in [1.54, 1.807) is 12.4 Å². The lowest BCUT2D eigenvalue weighted by atomic mass is 10.2. The number of nitrogens with zero attached hydrogens (tertiary/aromatic N) is 2. The lowest BCUT2D eigenvalue weighted by Crippen LogP contribution is -2.31. The Labute approximate surface area is 149 Å². The minimum atomic E-state index is -0.532. The summed E-state index contributed by atoms with van der Waals surface area (Å²) in [7, 11) is 0. The van der Waals surface area contributed by atoms with Crippen molar-refractivity contribution in [3.63, 3.8) is 0 Å². The summed E-state index contributed by atoms with van der Waals surface area (Å²) in [5.74, 6) is 0. The molecule has 0 bridgehead atoms. The van der Waals surface area contributed by atoms with Gasteiger partial charge in [0.2, 0.25) is 0 Å². The van der Waals surface area contributed by atoms with Crippen molar-refractivity contribution in [1.82, 2.24) is 15.3 Å². The largest absolute Gasteiger partial charge is 0.444 e. The molecule has 1 heterocycles. The van der Waals surface area contributed by atoms with E-state index >= 15 is 0 Å². The number of rotatable bonds is 6. The Kier molecular flexibility index (Phi) is 7.98. The zero-order valence-electron chi connectivity index (χ0n) is 15.3. The minimum Gasteiger partial charge on any atom is -0.444 e. The van der Waals surface area contributed by atoms with Crippen molar-refractivity contribution in [2.75, 3.05) is 0 Å². The van der Waals surface area contributed by atoms with Crippen LogP contribution in [0.4, 0.5) is 4.79 Å². The first kappa shape index (κ1) is 20.2. The number of aromatic nitrogens is 2. The number of nitrogens with one attached hydrogen (secondary N) is 1. The van der Waals surface area contributed by atoms with Crippen LogP contribution in [0.5, 0.6) is 0 Å². The Hall–Kier alpha value is -1.82. The van der Waals surface area contributed by atoms with E-state index in [1.165, 1.54) is 18.1 Å². The summed E-state index contributed by atoms with van der Waals surface area (Å²) in [6.45, 7) is 11.6. The van der Waals surface area contributed by atoms with Gasteiger partial charge in [0.05, 0.1) is 5.03 Å². The molecule has 0 atom stereocenters. The molecule has 1 rings (SSSR count). The molecule has 1 aromatic heterocycles. The van der Waals surface area contributed by atoms with E-state index in [2.05, 4.69) is 28.3 Å². The van der Waals surface area contributed by atoms with Crippen molar-refractivity contribution >= 4 is 22.8 Å². The highest BCUT2D eigenvalue weighted by Gasteiger charge is 2.18. The third kappa shape index (κ3) is 7.64. The van der Waals surface area contributed by atoms with Crippen molar-refractivity contribution < 1.29 is 9.53 Å². The number of hydrogen-bond acceptors (Lipinski definition) is 5. The van der Waals surface area contributed by atoms with Crippen LogP contribution in [0, 0.1) is 0 Å². The van der Waals surface area contributed by atoms with Crippen molar-refractivity contribution in [3.05, 3.63) is 41.0 Å².